The van der Waals surface area contributed by atoms with E-state index in [0.29, 0.717) is 6.04 Å². The maximum atomic E-state index is 9.21. The van der Waals surface area contributed by atoms with Crippen molar-refractivity contribution in [2.45, 2.75) is 70.6 Å². The first-order valence-electron chi connectivity index (χ1n) is 6.40. The van der Waals surface area contributed by atoms with Gasteiger partial charge >= 0.3 is 0 Å². The van der Waals surface area contributed by atoms with Gasteiger partial charge in [0.05, 0.1) is 12.2 Å². The van der Waals surface area contributed by atoms with Gasteiger partial charge in [-0.25, -0.2) is 0 Å². The summed E-state index contributed by atoms with van der Waals surface area (Å²) in [5, 5.41) is 12.6. The van der Waals surface area contributed by atoms with Gasteiger partial charge in [-0.1, -0.05) is 13.3 Å². The molecule has 0 amide bonds. The maximum Gasteiger partial charge on any atom is 0.106 e. The van der Waals surface area contributed by atoms with E-state index in [2.05, 4.69) is 25.2 Å². The summed E-state index contributed by atoms with van der Waals surface area (Å²) >= 11 is 0. The third-order valence-electron chi connectivity index (χ3n) is 2.94. The Morgan fingerprint density at radius 3 is 2.75 bits per heavy atom. The van der Waals surface area contributed by atoms with Crippen LogP contribution in [0.15, 0.2) is 0 Å². The van der Waals surface area contributed by atoms with Crippen LogP contribution >= 0.6 is 0 Å². The molecule has 1 aliphatic carbocycles. The second-order valence-corrected chi connectivity index (χ2v) is 5.10. The highest BCUT2D eigenvalue weighted by molar-refractivity contribution is 5.07. The van der Waals surface area contributed by atoms with Crippen LogP contribution in [-0.4, -0.2) is 24.3 Å². The van der Waals surface area contributed by atoms with Crippen molar-refractivity contribution >= 4 is 0 Å². The average Bonchev–Trinajstić information content (AvgIpc) is 3.02. The van der Waals surface area contributed by atoms with Crippen LogP contribution in [0.1, 0.15) is 52.9 Å². The van der Waals surface area contributed by atoms with E-state index in [9.17, 15) is 5.26 Å². The monoisotopic (exact) mass is 224 g/mol. The van der Waals surface area contributed by atoms with Gasteiger partial charge in [0.25, 0.3) is 0 Å². The van der Waals surface area contributed by atoms with Crippen LogP contribution in [0, 0.1) is 11.3 Å². The zero-order valence-electron chi connectivity index (χ0n) is 10.8. The fourth-order valence-corrected chi connectivity index (χ4v) is 1.88. The number of hydrogen-bond donors (Lipinski definition) is 1. The summed E-state index contributed by atoms with van der Waals surface area (Å²) in [6.07, 6.45) is 5.60. The Bertz CT molecular complexity index is 245. The van der Waals surface area contributed by atoms with E-state index in [0.717, 1.165) is 25.9 Å². The molecule has 0 heterocycles. The van der Waals surface area contributed by atoms with Crippen LogP contribution in [0.4, 0.5) is 0 Å². The van der Waals surface area contributed by atoms with Gasteiger partial charge in [0.2, 0.25) is 0 Å². The number of ether oxygens (including phenoxy) is 1. The van der Waals surface area contributed by atoms with Gasteiger partial charge in [0.15, 0.2) is 0 Å². The highest BCUT2D eigenvalue weighted by atomic mass is 16.5. The fourth-order valence-electron chi connectivity index (χ4n) is 1.88. The smallest absolute Gasteiger partial charge is 0.106 e. The Morgan fingerprint density at radius 1 is 1.56 bits per heavy atom. The van der Waals surface area contributed by atoms with Gasteiger partial charge in [-0.3, -0.25) is 5.32 Å². The zero-order chi connectivity index (χ0) is 12.0. The van der Waals surface area contributed by atoms with Crippen LogP contribution < -0.4 is 5.32 Å². The molecule has 2 atom stereocenters. The molecular weight excluding hydrogens is 200 g/mol. The van der Waals surface area contributed by atoms with Gasteiger partial charge < -0.3 is 4.74 Å². The van der Waals surface area contributed by atoms with Crippen molar-refractivity contribution in [3.05, 3.63) is 0 Å². The SMILES string of the molecule is CCCCOC(C)CC(C)(C#N)NC1CC1. The molecule has 0 aliphatic heterocycles. The van der Waals surface area contributed by atoms with Gasteiger partial charge in [0, 0.05) is 19.1 Å². The normalized spacial score (nSPS) is 21.1. The minimum atomic E-state index is -0.424. The van der Waals surface area contributed by atoms with Gasteiger partial charge in [-0.15, -0.1) is 0 Å². The first-order valence-corrected chi connectivity index (χ1v) is 6.40. The van der Waals surface area contributed by atoms with Gasteiger partial charge in [-0.2, -0.15) is 5.26 Å². The molecule has 2 unspecified atom stereocenters. The molecule has 1 N–H and O–H groups in total. The second kappa shape index (κ2) is 6.22. The Kier molecular flexibility index (Phi) is 5.24. The largest absolute Gasteiger partial charge is 0.378 e. The quantitative estimate of drug-likeness (QED) is 0.645. The van der Waals surface area contributed by atoms with Crippen LogP contribution in [-0.2, 0) is 4.74 Å². The molecule has 0 bridgehead atoms. The fraction of sp³-hybridized carbons (Fsp3) is 0.923. The molecule has 3 heteroatoms. The lowest BCUT2D eigenvalue weighted by atomic mass is 9.96. The highest BCUT2D eigenvalue weighted by Crippen LogP contribution is 2.24. The topological polar surface area (TPSA) is 45.0 Å². The van der Waals surface area contributed by atoms with E-state index < -0.39 is 5.54 Å². The van der Waals surface area contributed by atoms with E-state index in [1.165, 1.54) is 12.8 Å². The molecule has 16 heavy (non-hydrogen) atoms. The summed E-state index contributed by atoms with van der Waals surface area (Å²) in [5.74, 6) is 0. The summed E-state index contributed by atoms with van der Waals surface area (Å²) in [7, 11) is 0. The first-order chi connectivity index (χ1) is 7.59. The maximum absolute atomic E-state index is 9.21. The minimum absolute atomic E-state index is 0.155. The zero-order valence-corrected chi connectivity index (χ0v) is 10.8. The number of hydrogen-bond acceptors (Lipinski definition) is 3. The summed E-state index contributed by atoms with van der Waals surface area (Å²) in [6, 6.07) is 2.94. The summed E-state index contributed by atoms with van der Waals surface area (Å²) < 4.78 is 5.69. The molecule has 0 radical (unpaired) electrons. The average molecular weight is 224 g/mol. The number of rotatable bonds is 8. The number of nitrogens with one attached hydrogen (secondary N) is 1. The third kappa shape index (κ3) is 4.96. The van der Waals surface area contributed by atoms with Crippen LogP contribution in [0.25, 0.3) is 0 Å². The van der Waals surface area contributed by atoms with E-state index >= 15 is 0 Å². The minimum Gasteiger partial charge on any atom is -0.378 e. The molecule has 1 rings (SSSR count). The molecule has 0 saturated heterocycles. The molecule has 1 fully saturated rings. The second-order valence-electron chi connectivity index (χ2n) is 5.10. The van der Waals surface area contributed by atoms with E-state index in [4.69, 9.17) is 4.74 Å². The Hall–Kier alpha value is -0.590. The molecule has 0 aromatic heterocycles. The van der Waals surface area contributed by atoms with Crippen LogP contribution in [0.2, 0.25) is 0 Å². The summed E-state index contributed by atoms with van der Waals surface area (Å²) in [4.78, 5) is 0. The third-order valence-corrected chi connectivity index (χ3v) is 2.94. The van der Waals surface area contributed by atoms with Crippen molar-refractivity contribution in [3.63, 3.8) is 0 Å². The predicted molar refractivity (Wildman–Crippen MR) is 65.1 cm³/mol. The molecule has 1 aliphatic rings. The molecule has 0 aromatic rings. The molecule has 3 nitrogen and oxygen atoms in total. The number of unbranched alkanes of at least 4 members (excludes halogenated alkanes) is 1. The Labute approximate surface area is 99.2 Å². The molecule has 1 saturated carbocycles. The standard InChI is InChI=1S/C13H24N2O/c1-4-5-8-16-11(2)9-13(3,10-14)15-12-6-7-12/h11-12,15H,4-9H2,1-3H3. The lowest BCUT2D eigenvalue weighted by molar-refractivity contribution is 0.0457. The van der Waals surface area contributed by atoms with Crippen LogP contribution in [0.5, 0.6) is 0 Å². The molecular formula is C13H24N2O. The van der Waals surface area contributed by atoms with Crippen molar-refractivity contribution in [2.24, 2.45) is 0 Å². The van der Waals surface area contributed by atoms with Gasteiger partial charge in [0.1, 0.15) is 5.54 Å². The Balaban J connectivity index is 2.27. The summed E-state index contributed by atoms with van der Waals surface area (Å²) in [5.41, 5.74) is -0.424. The lowest BCUT2D eigenvalue weighted by Gasteiger charge is -2.26. The highest BCUT2D eigenvalue weighted by Gasteiger charge is 2.33. The van der Waals surface area contributed by atoms with E-state index in [-0.39, 0.29) is 6.10 Å². The van der Waals surface area contributed by atoms with Crippen molar-refractivity contribution in [2.75, 3.05) is 6.61 Å². The van der Waals surface area contributed by atoms with Crippen molar-refractivity contribution in [1.82, 2.24) is 5.32 Å². The van der Waals surface area contributed by atoms with E-state index in [1.54, 1.807) is 0 Å². The van der Waals surface area contributed by atoms with Crippen molar-refractivity contribution in [1.29, 1.82) is 5.26 Å². The Morgan fingerprint density at radius 2 is 2.25 bits per heavy atom. The van der Waals surface area contributed by atoms with Gasteiger partial charge in [-0.05, 0) is 33.1 Å². The molecule has 0 aromatic carbocycles. The van der Waals surface area contributed by atoms with Crippen molar-refractivity contribution < 1.29 is 4.74 Å². The van der Waals surface area contributed by atoms with Crippen molar-refractivity contribution in [3.8, 4) is 6.07 Å². The summed E-state index contributed by atoms with van der Waals surface area (Å²) in [6.45, 7) is 7.00. The molecule has 92 valence electrons. The number of nitriles is 1. The number of nitrogens with zero attached hydrogens (tertiary/aromatic N) is 1. The first kappa shape index (κ1) is 13.5. The van der Waals surface area contributed by atoms with E-state index in [1.807, 2.05) is 6.92 Å². The predicted octanol–water partition coefficient (Wildman–Crippen LogP) is 2.62. The molecule has 0 spiro atoms. The lowest BCUT2D eigenvalue weighted by Crippen LogP contribution is -2.45. The van der Waals surface area contributed by atoms with Crippen LogP contribution in [0.3, 0.4) is 0 Å².